The minimum Gasteiger partial charge on any atom is -0.358 e. The summed E-state index contributed by atoms with van der Waals surface area (Å²) in [6.45, 7) is 15.1. The van der Waals surface area contributed by atoms with Crippen molar-refractivity contribution >= 4 is 29.4 Å². The Balaban J connectivity index is -0.0000000145. The van der Waals surface area contributed by atoms with Crippen LogP contribution >= 0.6 is 10.7 Å². The third kappa shape index (κ3) is 72.2. The summed E-state index contributed by atoms with van der Waals surface area (Å²) in [5.41, 5.74) is 0. The Hall–Kier alpha value is 4.92. The van der Waals surface area contributed by atoms with Crippen LogP contribution in [0.4, 0.5) is 0 Å². The van der Waals surface area contributed by atoms with Crippen LogP contribution in [0, 0.1) is 104 Å². The standard InChI is InChI=1S/C5H12NOS.C4H9ClNOS.2C2H6.CH4.2CH3.2Ar.2Y/c1-4-5-8(3,7)6-2;1-3-4-8(5,7)6-2;2*1-2;;;;;;;/h1,4-5H2,2-3H3;1,3-4H2,2H3;2*1-2H3;1H4;2*1H3;;;;/q2*-1;;;;2*-1;;;;. The van der Waals surface area contributed by atoms with Gasteiger partial charge in [-0.3, -0.25) is 4.21 Å². The summed E-state index contributed by atoms with van der Waals surface area (Å²) in [6.07, 6.45) is 2.92. The minimum absolute atomic E-state index is 0. The molecule has 0 bridgehead atoms. The van der Waals surface area contributed by atoms with E-state index in [4.69, 9.17) is 10.7 Å². The first-order chi connectivity index (χ1) is 9.24. The van der Waals surface area contributed by atoms with Crippen LogP contribution in [-0.2, 0) is 84.1 Å². The third-order valence-corrected chi connectivity index (χ3v) is 5.61. The molecule has 0 fully saturated rings. The molecule has 0 aromatic carbocycles. The summed E-state index contributed by atoms with van der Waals surface area (Å²) < 4.78 is 28.8. The Labute approximate surface area is 290 Å². The molecule has 0 aromatic rings. The normalized spacial score (nSPS) is 10.7. The van der Waals surface area contributed by atoms with E-state index in [2.05, 4.69) is 22.6 Å². The molecular formula is C16H43Ar2ClN2O2S2Y2-4. The van der Waals surface area contributed by atoms with Gasteiger partial charge in [-0.2, -0.15) is 12.8 Å². The predicted octanol–water partition coefficient (Wildman–Crippen LogP) is 5.98. The monoisotopic (exact) mass is 652 g/mol. The van der Waals surface area contributed by atoms with Crippen molar-refractivity contribution in [3.8, 4) is 0 Å². The fraction of sp³-hybridized carbons (Fsp3) is 0.750. The van der Waals surface area contributed by atoms with Crippen LogP contribution in [0.2, 0.25) is 0 Å². The summed E-state index contributed by atoms with van der Waals surface area (Å²) in [6, 6.07) is 0. The molecule has 0 amide bonds. The van der Waals surface area contributed by atoms with Gasteiger partial charge in [-0.15, -0.1) is 0 Å². The summed E-state index contributed by atoms with van der Waals surface area (Å²) in [5.74, 6) is 0.995. The number of nitrogens with zero attached hydrogens (tertiary/aromatic N) is 2. The maximum Gasteiger partial charge on any atom is 0.127 e. The SMILES string of the molecule is C.CC.CC.[Ar].[Ar].[CH2-]CCS(=O)(Cl)=NC.[CH2-]CCS(C)(=O)=NC.[CH3-].[CH3-].[Y].[Y]. The van der Waals surface area contributed by atoms with Gasteiger partial charge in [-0.05, 0) is 10.7 Å². The molecule has 2 unspecified atom stereocenters. The predicted molar refractivity (Wildman–Crippen MR) is 117 cm³/mol. The zero-order valence-corrected chi connectivity index (χ0v) is 27.5. The van der Waals surface area contributed by atoms with Crippen LogP contribution in [-0.4, -0.2) is 40.3 Å². The van der Waals surface area contributed by atoms with Crippen molar-refractivity contribution in [1.29, 1.82) is 0 Å². The van der Waals surface area contributed by atoms with E-state index in [0.717, 1.165) is 0 Å². The van der Waals surface area contributed by atoms with Crippen molar-refractivity contribution in [2.24, 2.45) is 8.73 Å². The number of hydrogen-bond acceptors (Lipinski definition) is 4. The fourth-order valence-corrected chi connectivity index (χ4v) is 2.21. The quantitative estimate of drug-likeness (QED) is 0.277. The summed E-state index contributed by atoms with van der Waals surface area (Å²) in [4.78, 5) is 0. The van der Waals surface area contributed by atoms with E-state index < -0.39 is 18.7 Å². The molecule has 0 aliphatic heterocycles. The summed E-state index contributed by atoms with van der Waals surface area (Å²) >= 11 is 0. The van der Waals surface area contributed by atoms with Gasteiger partial charge in [0.25, 0.3) is 0 Å². The van der Waals surface area contributed by atoms with Crippen LogP contribution < -0.4 is 0 Å². The Morgan fingerprint density at radius 2 is 1.07 bits per heavy atom. The second kappa shape index (κ2) is 52.7. The van der Waals surface area contributed by atoms with Crippen molar-refractivity contribution in [1.82, 2.24) is 0 Å². The zero-order chi connectivity index (χ0) is 17.2. The first kappa shape index (κ1) is 69.7. The first-order valence-corrected chi connectivity index (χ1v) is 11.3. The molecule has 0 rings (SSSR count). The van der Waals surface area contributed by atoms with E-state index >= 15 is 0 Å². The Morgan fingerprint density at radius 1 is 0.815 bits per heavy atom. The summed E-state index contributed by atoms with van der Waals surface area (Å²) in [7, 11) is 4.13. The molecule has 0 aliphatic rings. The van der Waals surface area contributed by atoms with Crippen LogP contribution in [0.5, 0.6) is 0 Å². The van der Waals surface area contributed by atoms with E-state index in [-0.39, 0.29) is 163 Å². The molecular weight excluding hydrogens is 609 g/mol. The van der Waals surface area contributed by atoms with Crippen molar-refractivity contribution in [3.63, 3.8) is 0 Å². The maximum absolute atomic E-state index is 10.9. The minimum atomic E-state index is -2.38. The van der Waals surface area contributed by atoms with Crippen molar-refractivity contribution < 1.29 is 149 Å². The van der Waals surface area contributed by atoms with Crippen molar-refractivity contribution in [2.75, 3.05) is 31.9 Å². The maximum atomic E-state index is 10.9. The second-order valence-corrected chi connectivity index (χ2v) is 9.04. The van der Waals surface area contributed by atoms with Gasteiger partial charge in [0.05, 0.1) is 0 Å². The van der Waals surface area contributed by atoms with Gasteiger partial charge in [0, 0.05) is 182 Å². The molecule has 0 N–H and O–H groups in total. The molecule has 0 saturated carbocycles. The number of halogens is 1. The molecule has 0 spiro atoms. The first-order valence-electron chi connectivity index (χ1n) is 6.73. The topological polar surface area (TPSA) is 58.9 Å². The molecule has 174 valence electrons. The van der Waals surface area contributed by atoms with E-state index in [1.54, 1.807) is 13.3 Å². The average Bonchev–Trinajstić information content (AvgIpc) is 2.44. The van der Waals surface area contributed by atoms with Gasteiger partial charge >= 0.3 is 0 Å². The third-order valence-electron chi connectivity index (χ3n) is 1.58. The Kier molecular flexibility index (Phi) is 136. The van der Waals surface area contributed by atoms with E-state index in [1.807, 2.05) is 27.7 Å². The largest absolute Gasteiger partial charge is 0.358 e. The van der Waals surface area contributed by atoms with E-state index in [0.29, 0.717) is 24.3 Å². The van der Waals surface area contributed by atoms with Crippen molar-refractivity contribution in [2.45, 2.75) is 48.0 Å². The molecule has 11 heteroatoms. The van der Waals surface area contributed by atoms with Crippen LogP contribution in [0.1, 0.15) is 48.0 Å². The van der Waals surface area contributed by atoms with Gasteiger partial charge in [0.15, 0.2) is 0 Å². The molecule has 4 nitrogen and oxygen atoms in total. The Morgan fingerprint density at radius 3 is 1.15 bits per heavy atom. The second-order valence-electron chi connectivity index (χ2n) is 3.00. The van der Waals surface area contributed by atoms with Gasteiger partial charge in [-0.1, -0.05) is 35.1 Å². The average molecular weight is 653 g/mol. The van der Waals surface area contributed by atoms with E-state index in [1.165, 1.54) is 7.05 Å². The molecule has 0 aliphatic carbocycles. The molecule has 2 radical (unpaired) electrons. The fourth-order valence-electron chi connectivity index (χ4n) is 0.628. The van der Waals surface area contributed by atoms with Gasteiger partial charge in [-0.25, -0.2) is 12.9 Å². The molecule has 2 atom stereocenters. The molecule has 0 heterocycles. The number of rotatable bonds is 4. The molecule has 0 saturated heterocycles. The van der Waals surface area contributed by atoms with E-state index in [9.17, 15) is 8.42 Å². The van der Waals surface area contributed by atoms with Gasteiger partial charge in [0.2, 0.25) is 0 Å². The van der Waals surface area contributed by atoms with Gasteiger partial charge in [0.1, 0.15) is 8.94 Å². The van der Waals surface area contributed by atoms with Gasteiger partial charge < -0.3 is 28.7 Å². The zero-order valence-electron chi connectivity index (χ0n) is 18.0. The van der Waals surface area contributed by atoms with Crippen LogP contribution in [0.25, 0.3) is 0 Å². The smallest absolute Gasteiger partial charge is 0.127 e. The van der Waals surface area contributed by atoms with Crippen LogP contribution in [0.3, 0.4) is 0 Å². The van der Waals surface area contributed by atoms with Crippen molar-refractivity contribution in [3.05, 3.63) is 28.7 Å². The summed E-state index contributed by atoms with van der Waals surface area (Å²) in [5, 5.41) is 0. The van der Waals surface area contributed by atoms with Crippen LogP contribution in [0.15, 0.2) is 8.73 Å². The molecule has 27 heavy (non-hydrogen) atoms. The number of hydrogen-bond donors (Lipinski definition) is 0. The Bertz CT molecular complexity index is 379. The molecule has 0 aromatic heterocycles.